The molecule has 2 aromatic heterocycles. The second kappa shape index (κ2) is 5.19. The molecule has 0 unspecified atom stereocenters. The van der Waals surface area contributed by atoms with Crippen molar-refractivity contribution in [3.05, 3.63) is 52.8 Å². The maximum Gasteiger partial charge on any atom is 0.239 e. The van der Waals surface area contributed by atoms with E-state index in [9.17, 15) is 0 Å². The van der Waals surface area contributed by atoms with Crippen molar-refractivity contribution < 1.29 is 0 Å². The van der Waals surface area contributed by atoms with Crippen LogP contribution in [0.15, 0.2) is 36.9 Å². The van der Waals surface area contributed by atoms with Crippen LogP contribution in [0.25, 0.3) is 17.3 Å². The van der Waals surface area contributed by atoms with Crippen LogP contribution < -0.4 is 0 Å². The number of aromatic nitrogens is 5. The summed E-state index contributed by atoms with van der Waals surface area (Å²) < 4.78 is 1.66. The van der Waals surface area contributed by atoms with Crippen molar-refractivity contribution in [1.29, 1.82) is 0 Å². The minimum Gasteiger partial charge on any atom is -0.274 e. The normalized spacial score (nSPS) is 10.8. The van der Waals surface area contributed by atoms with Crippen LogP contribution in [-0.4, -0.2) is 24.5 Å². The van der Waals surface area contributed by atoms with Crippen LogP contribution in [0.5, 0.6) is 0 Å². The van der Waals surface area contributed by atoms with Gasteiger partial charge >= 0.3 is 0 Å². The molecule has 0 radical (unpaired) electrons. The van der Waals surface area contributed by atoms with E-state index >= 15 is 0 Å². The van der Waals surface area contributed by atoms with Crippen LogP contribution in [0, 0.1) is 6.92 Å². The minimum atomic E-state index is 0.121. The fourth-order valence-electron chi connectivity index (χ4n) is 1.69. The number of nitrogens with zero attached hydrogens (tertiary/aromatic N) is 5. The number of rotatable bonds is 2. The number of aryl methyl sites for hydroxylation is 1. The molecule has 5 nitrogen and oxygen atoms in total. The van der Waals surface area contributed by atoms with Crippen LogP contribution in [0.4, 0.5) is 0 Å². The molecule has 0 N–H and O–H groups in total. The van der Waals surface area contributed by atoms with Gasteiger partial charge in [0.05, 0.1) is 0 Å². The van der Waals surface area contributed by atoms with Gasteiger partial charge < -0.3 is 0 Å². The zero-order chi connectivity index (χ0) is 14.1. The number of hydrogen-bond donors (Lipinski definition) is 0. The van der Waals surface area contributed by atoms with Crippen molar-refractivity contribution in [2.75, 3.05) is 0 Å². The highest BCUT2D eigenvalue weighted by atomic mass is 35.5. The van der Waals surface area contributed by atoms with Gasteiger partial charge in [-0.3, -0.25) is 4.57 Å². The molecule has 0 fully saturated rings. The molecule has 0 saturated carbocycles. The van der Waals surface area contributed by atoms with Crippen molar-refractivity contribution in [2.45, 2.75) is 6.92 Å². The van der Waals surface area contributed by atoms with Crippen molar-refractivity contribution in [1.82, 2.24) is 24.5 Å². The summed E-state index contributed by atoms with van der Waals surface area (Å²) in [4.78, 5) is 16.5. The monoisotopic (exact) mass is 305 g/mol. The second-order valence-electron chi connectivity index (χ2n) is 4.16. The predicted octanol–water partition coefficient (Wildman–Crippen LogP) is 3.34. The summed E-state index contributed by atoms with van der Waals surface area (Å²) in [6.07, 6.45) is 4.97. The summed E-state index contributed by atoms with van der Waals surface area (Å²) in [7, 11) is 0. The van der Waals surface area contributed by atoms with Gasteiger partial charge in [-0.25, -0.2) is 4.98 Å². The van der Waals surface area contributed by atoms with Gasteiger partial charge in [-0.1, -0.05) is 23.7 Å². The van der Waals surface area contributed by atoms with Crippen molar-refractivity contribution in [3.8, 4) is 17.3 Å². The number of benzene rings is 1. The predicted molar refractivity (Wildman–Crippen MR) is 77.1 cm³/mol. The maximum atomic E-state index is 6.12. The van der Waals surface area contributed by atoms with E-state index < -0.39 is 0 Å². The highest BCUT2D eigenvalue weighted by Gasteiger charge is 2.09. The molecule has 0 aliphatic rings. The van der Waals surface area contributed by atoms with E-state index in [1.807, 2.05) is 19.1 Å². The number of halogens is 2. The highest BCUT2D eigenvalue weighted by Crippen LogP contribution is 2.23. The Morgan fingerprint density at radius 1 is 1.10 bits per heavy atom. The molecule has 20 heavy (non-hydrogen) atoms. The topological polar surface area (TPSA) is 56.5 Å². The van der Waals surface area contributed by atoms with E-state index in [0.29, 0.717) is 16.8 Å². The molecule has 2 heterocycles. The first-order chi connectivity index (χ1) is 9.63. The molecule has 1 aromatic carbocycles. The lowest BCUT2D eigenvalue weighted by atomic mass is 10.1. The van der Waals surface area contributed by atoms with Crippen LogP contribution in [0.1, 0.15) is 5.56 Å². The molecule has 0 atom stereocenters. The lowest BCUT2D eigenvalue weighted by Gasteiger charge is -2.06. The Morgan fingerprint density at radius 2 is 1.95 bits per heavy atom. The molecular formula is C13H9Cl2N5. The van der Waals surface area contributed by atoms with Crippen LogP contribution in [0.2, 0.25) is 10.3 Å². The first-order valence-electron chi connectivity index (χ1n) is 5.80. The average Bonchev–Trinajstić information content (AvgIpc) is 2.95. The molecule has 0 spiro atoms. The van der Waals surface area contributed by atoms with Gasteiger partial charge in [-0.2, -0.15) is 15.0 Å². The Bertz CT molecular complexity index is 755. The second-order valence-corrected chi connectivity index (χ2v) is 4.91. The summed E-state index contributed by atoms with van der Waals surface area (Å²) in [5, 5.41) is 0.776. The van der Waals surface area contributed by atoms with Gasteiger partial charge in [0, 0.05) is 23.0 Å². The molecule has 0 saturated heterocycles. The van der Waals surface area contributed by atoms with E-state index in [0.717, 1.165) is 11.1 Å². The zero-order valence-electron chi connectivity index (χ0n) is 10.5. The third-order valence-electron chi connectivity index (χ3n) is 2.76. The SMILES string of the molecule is Cc1ccc(-c2nc(Cl)nc(-n3ccnc3)n2)cc1Cl. The smallest absolute Gasteiger partial charge is 0.239 e. The van der Waals surface area contributed by atoms with Gasteiger partial charge in [-0.15, -0.1) is 0 Å². The average molecular weight is 306 g/mol. The lowest BCUT2D eigenvalue weighted by molar-refractivity contribution is 0.899. The molecule has 0 aliphatic heterocycles. The molecule has 0 aliphatic carbocycles. The Kier molecular flexibility index (Phi) is 3.38. The maximum absolute atomic E-state index is 6.12. The van der Waals surface area contributed by atoms with Gasteiger partial charge in [-0.05, 0) is 30.2 Å². The summed E-state index contributed by atoms with van der Waals surface area (Å²) in [6, 6.07) is 5.61. The van der Waals surface area contributed by atoms with Crippen LogP contribution in [-0.2, 0) is 0 Å². The Balaban J connectivity index is 2.12. The van der Waals surface area contributed by atoms with E-state index in [2.05, 4.69) is 19.9 Å². The number of imidazole rings is 1. The number of hydrogen-bond acceptors (Lipinski definition) is 4. The third-order valence-corrected chi connectivity index (χ3v) is 3.34. The molecule has 100 valence electrons. The largest absolute Gasteiger partial charge is 0.274 e. The summed E-state index contributed by atoms with van der Waals surface area (Å²) in [5.41, 5.74) is 1.77. The van der Waals surface area contributed by atoms with E-state index in [4.69, 9.17) is 23.2 Å². The Labute approximate surface area is 125 Å². The summed E-state index contributed by atoms with van der Waals surface area (Å²) in [6.45, 7) is 1.93. The van der Waals surface area contributed by atoms with Gasteiger partial charge in [0.2, 0.25) is 11.2 Å². The molecule has 0 amide bonds. The fraction of sp³-hybridized carbons (Fsp3) is 0.0769. The lowest BCUT2D eigenvalue weighted by Crippen LogP contribution is -2.03. The van der Waals surface area contributed by atoms with E-state index in [-0.39, 0.29) is 5.28 Å². The molecule has 0 bridgehead atoms. The Morgan fingerprint density at radius 3 is 2.65 bits per heavy atom. The molecule has 3 aromatic rings. The third kappa shape index (κ3) is 2.50. The Hall–Kier alpha value is -1.98. The van der Waals surface area contributed by atoms with Gasteiger partial charge in [0.15, 0.2) is 5.82 Å². The van der Waals surface area contributed by atoms with E-state index in [1.54, 1.807) is 29.4 Å². The van der Waals surface area contributed by atoms with Crippen molar-refractivity contribution >= 4 is 23.2 Å². The zero-order valence-corrected chi connectivity index (χ0v) is 12.0. The quantitative estimate of drug-likeness (QED) is 0.728. The van der Waals surface area contributed by atoms with Crippen molar-refractivity contribution in [2.24, 2.45) is 0 Å². The van der Waals surface area contributed by atoms with Gasteiger partial charge in [0.25, 0.3) is 0 Å². The first-order valence-corrected chi connectivity index (χ1v) is 6.55. The molecule has 7 heteroatoms. The molecular weight excluding hydrogens is 297 g/mol. The minimum absolute atomic E-state index is 0.121. The fourth-order valence-corrected chi connectivity index (χ4v) is 2.03. The van der Waals surface area contributed by atoms with E-state index in [1.165, 1.54) is 0 Å². The highest BCUT2D eigenvalue weighted by molar-refractivity contribution is 6.31. The summed E-state index contributed by atoms with van der Waals surface area (Å²) >= 11 is 12.1. The standard InChI is InChI=1S/C13H9Cl2N5/c1-8-2-3-9(6-10(8)14)11-17-12(15)19-13(18-11)20-5-4-16-7-20/h2-7H,1H3. The van der Waals surface area contributed by atoms with Crippen LogP contribution >= 0.6 is 23.2 Å². The molecule has 3 rings (SSSR count). The summed E-state index contributed by atoms with van der Waals surface area (Å²) in [5.74, 6) is 0.879. The first kappa shape index (κ1) is 13.0. The van der Waals surface area contributed by atoms with Crippen LogP contribution in [0.3, 0.4) is 0 Å². The van der Waals surface area contributed by atoms with Crippen molar-refractivity contribution in [3.63, 3.8) is 0 Å². The van der Waals surface area contributed by atoms with Gasteiger partial charge in [0.1, 0.15) is 6.33 Å².